The smallest absolute Gasteiger partial charge is 0.148 e. The van der Waals surface area contributed by atoms with Crippen molar-refractivity contribution in [3.63, 3.8) is 0 Å². The van der Waals surface area contributed by atoms with Gasteiger partial charge in [0, 0.05) is 6.04 Å². The predicted molar refractivity (Wildman–Crippen MR) is 198 cm³/mol. The normalized spacial score (nSPS) is 23.6. The summed E-state index contributed by atoms with van der Waals surface area (Å²) in [5.74, 6) is 0. The maximum atomic E-state index is 6.54. The molecule has 0 radical (unpaired) electrons. The Bertz CT molecular complexity index is 737. The fourth-order valence-electron chi connectivity index (χ4n) is 7.53. The summed E-state index contributed by atoms with van der Waals surface area (Å²) in [6.45, 7) is 5.00. The van der Waals surface area contributed by atoms with E-state index in [9.17, 15) is 0 Å². The lowest BCUT2D eigenvalue weighted by molar-refractivity contribution is -0.0377. The lowest BCUT2D eigenvalue weighted by Crippen LogP contribution is -2.47. The Labute approximate surface area is 280 Å². The highest BCUT2D eigenvalue weighted by molar-refractivity contribution is 5.13. The van der Waals surface area contributed by atoms with Crippen LogP contribution < -0.4 is 5.73 Å². The third kappa shape index (κ3) is 17.5. The molecule has 2 N–H and O–H groups in total. The summed E-state index contributed by atoms with van der Waals surface area (Å²) in [5.41, 5.74) is 6.29. The number of nitrogens with two attached hydrogens (primary N) is 1. The number of hydrogen-bond acceptors (Lipinski definition) is 3. The SMILES string of the molecule is CCCCC/C=C\C/C=C\CCCCCCCCC12CC(N)CC1(CCCCCCCC/C=C\C/C=C\CCCCC)OCO2. The third-order valence-corrected chi connectivity index (χ3v) is 10.2. The first kappa shape index (κ1) is 40.0. The van der Waals surface area contributed by atoms with Crippen molar-refractivity contribution in [3.05, 3.63) is 48.6 Å². The lowest BCUT2D eigenvalue weighted by atomic mass is 9.78. The molecule has 0 spiro atoms. The molecule has 2 atom stereocenters. The highest BCUT2D eigenvalue weighted by atomic mass is 16.7. The molecule has 3 heteroatoms. The van der Waals surface area contributed by atoms with Gasteiger partial charge in [0.2, 0.25) is 0 Å². The van der Waals surface area contributed by atoms with E-state index in [1.54, 1.807) is 0 Å². The fraction of sp³-hybridized carbons (Fsp3) is 0.810. The van der Waals surface area contributed by atoms with Crippen molar-refractivity contribution in [2.24, 2.45) is 5.73 Å². The molecule has 2 unspecified atom stereocenters. The summed E-state index contributed by atoms with van der Waals surface area (Å²) < 4.78 is 12.8. The van der Waals surface area contributed by atoms with Crippen LogP contribution in [0.25, 0.3) is 0 Å². The number of allylic oxidation sites excluding steroid dienone is 8. The van der Waals surface area contributed by atoms with Crippen LogP contribution in [0.3, 0.4) is 0 Å². The van der Waals surface area contributed by atoms with Crippen molar-refractivity contribution in [2.75, 3.05) is 6.79 Å². The van der Waals surface area contributed by atoms with Crippen LogP contribution in [0.2, 0.25) is 0 Å². The van der Waals surface area contributed by atoms with E-state index in [2.05, 4.69) is 62.5 Å². The van der Waals surface area contributed by atoms with E-state index in [0.29, 0.717) is 6.79 Å². The Morgan fingerprint density at radius 1 is 0.467 bits per heavy atom. The van der Waals surface area contributed by atoms with Gasteiger partial charge in [-0.25, -0.2) is 0 Å². The largest absolute Gasteiger partial charge is 0.346 e. The summed E-state index contributed by atoms with van der Waals surface area (Å²) >= 11 is 0. The minimum absolute atomic E-state index is 0.126. The number of ether oxygens (including phenoxy) is 2. The van der Waals surface area contributed by atoms with Gasteiger partial charge in [-0.2, -0.15) is 0 Å². The highest BCUT2D eigenvalue weighted by Crippen LogP contribution is 2.53. The molecule has 260 valence electrons. The minimum Gasteiger partial charge on any atom is -0.346 e. The summed E-state index contributed by atoms with van der Waals surface area (Å²) in [6, 6.07) is 0.222. The predicted octanol–water partition coefficient (Wildman–Crippen LogP) is 13.0. The Balaban J connectivity index is 1.49. The zero-order valence-corrected chi connectivity index (χ0v) is 30.1. The van der Waals surface area contributed by atoms with Crippen LogP contribution >= 0.6 is 0 Å². The molecule has 0 aromatic heterocycles. The van der Waals surface area contributed by atoms with Gasteiger partial charge >= 0.3 is 0 Å². The van der Waals surface area contributed by atoms with E-state index >= 15 is 0 Å². The van der Waals surface area contributed by atoms with E-state index in [1.165, 1.54) is 141 Å². The van der Waals surface area contributed by atoms with Gasteiger partial charge in [0.25, 0.3) is 0 Å². The van der Waals surface area contributed by atoms with Crippen LogP contribution in [0, 0.1) is 0 Å². The molecular weight excluding hydrogens is 550 g/mol. The summed E-state index contributed by atoms with van der Waals surface area (Å²) in [7, 11) is 0. The first-order valence-corrected chi connectivity index (χ1v) is 19.8. The van der Waals surface area contributed by atoms with Crippen molar-refractivity contribution in [1.29, 1.82) is 0 Å². The maximum absolute atomic E-state index is 6.54. The van der Waals surface area contributed by atoms with E-state index in [-0.39, 0.29) is 17.2 Å². The Kier molecular flexibility index (Phi) is 23.9. The first-order valence-electron chi connectivity index (χ1n) is 19.8. The highest BCUT2D eigenvalue weighted by Gasteiger charge is 2.62. The van der Waals surface area contributed by atoms with Crippen molar-refractivity contribution < 1.29 is 9.47 Å². The Hall–Kier alpha value is -1.16. The quantitative estimate of drug-likeness (QED) is 0.0638. The van der Waals surface area contributed by atoms with Gasteiger partial charge in [0.05, 0.1) is 0 Å². The van der Waals surface area contributed by atoms with Gasteiger partial charge in [-0.15, -0.1) is 0 Å². The Morgan fingerprint density at radius 2 is 0.800 bits per heavy atom. The number of rotatable bonds is 30. The summed E-state index contributed by atoms with van der Waals surface area (Å²) in [4.78, 5) is 0. The Morgan fingerprint density at radius 3 is 1.18 bits per heavy atom. The number of unbranched alkanes of at least 4 members (excludes halogenated alkanes) is 18. The van der Waals surface area contributed by atoms with Crippen LogP contribution in [0.15, 0.2) is 48.6 Å². The molecule has 0 aromatic rings. The average molecular weight is 626 g/mol. The molecule has 2 rings (SSSR count). The molecule has 1 aliphatic heterocycles. The molecule has 3 nitrogen and oxygen atoms in total. The molecule has 1 aliphatic carbocycles. The van der Waals surface area contributed by atoms with Gasteiger partial charge in [-0.1, -0.05) is 152 Å². The van der Waals surface area contributed by atoms with E-state index in [1.807, 2.05) is 0 Å². The second kappa shape index (κ2) is 26.9. The van der Waals surface area contributed by atoms with Crippen LogP contribution in [-0.2, 0) is 9.47 Å². The summed E-state index contributed by atoms with van der Waals surface area (Å²) in [5, 5.41) is 0. The van der Waals surface area contributed by atoms with Crippen LogP contribution in [-0.4, -0.2) is 24.0 Å². The van der Waals surface area contributed by atoms with Crippen LogP contribution in [0.5, 0.6) is 0 Å². The zero-order chi connectivity index (χ0) is 32.2. The molecule has 2 aliphatic rings. The molecule has 2 fully saturated rings. The number of hydrogen-bond donors (Lipinski definition) is 1. The minimum atomic E-state index is -0.126. The summed E-state index contributed by atoms with van der Waals surface area (Å²) in [6.07, 6.45) is 54.0. The van der Waals surface area contributed by atoms with Gasteiger partial charge < -0.3 is 15.2 Å². The zero-order valence-electron chi connectivity index (χ0n) is 30.1. The topological polar surface area (TPSA) is 44.5 Å². The van der Waals surface area contributed by atoms with Gasteiger partial charge in [-0.05, 0) is 89.9 Å². The molecule has 1 saturated carbocycles. The van der Waals surface area contributed by atoms with Crippen LogP contribution in [0.4, 0.5) is 0 Å². The second-order valence-electron chi connectivity index (χ2n) is 14.2. The molecule has 45 heavy (non-hydrogen) atoms. The molecule has 1 saturated heterocycles. The molecular formula is C42H75NO2. The molecule has 0 amide bonds. The van der Waals surface area contributed by atoms with Gasteiger partial charge in [0.1, 0.15) is 18.0 Å². The van der Waals surface area contributed by atoms with Gasteiger partial charge in [0.15, 0.2) is 0 Å². The maximum Gasteiger partial charge on any atom is 0.148 e. The van der Waals surface area contributed by atoms with E-state index in [4.69, 9.17) is 15.2 Å². The average Bonchev–Trinajstić information content (AvgIpc) is 3.50. The first-order chi connectivity index (χ1) is 22.2. The van der Waals surface area contributed by atoms with Crippen molar-refractivity contribution in [2.45, 2.75) is 211 Å². The third-order valence-electron chi connectivity index (χ3n) is 10.2. The van der Waals surface area contributed by atoms with Gasteiger partial charge in [-0.3, -0.25) is 0 Å². The molecule has 0 bridgehead atoms. The van der Waals surface area contributed by atoms with Crippen molar-refractivity contribution >= 4 is 0 Å². The monoisotopic (exact) mass is 626 g/mol. The second-order valence-corrected chi connectivity index (χ2v) is 14.2. The van der Waals surface area contributed by atoms with E-state index in [0.717, 1.165) is 38.5 Å². The lowest BCUT2D eigenvalue weighted by Gasteiger charge is -2.37. The van der Waals surface area contributed by atoms with Crippen molar-refractivity contribution in [3.8, 4) is 0 Å². The molecule has 0 aromatic carbocycles. The fourth-order valence-corrected chi connectivity index (χ4v) is 7.53. The van der Waals surface area contributed by atoms with E-state index < -0.39 is 0 Å². The van der Waals surface area contributed by atoms with Crippen molar-refractivity contribution in [1.82, 2.24) is 0 Å². The molecule has 1 heterocycles. The standard InChI is InChI=1S/C42H75NO2/c1-3-5-7-9-11-13-15-17-19-21-23-25-27-29-31-33-35-41-37-40(43)38-42(41,45-39-44-41)36-34-32-30-28-26-24-22-20-18-16-14-12-10-8-6-4-2/h11-14,17-20,40H,3-10,15-16,21-39,43H2,1-2H3/b13-11-,14-12-,19-17-,20-18-. The van der Waals surface area contributed by atoms with Crippen LogP contribution in [0.1, 0.15) is 194 Å². The number of fused-ring (bicyclic) bond motifs is 1.